The van der Waals surface area contributed by atoms with Gasteiger partial charge in [-0.3, -0.25) is 4.98 Å². The molecule has 1 aromatic carbocycles. The van der Waals surface area contributed by atoms with Gasteiger partial charge in [-0.2, -0.15) is 4.99 Å². The molecular weight excluding hydrogens is 337 g/mol. The summed E-state index contributed by atoms with van der Waals surface area (Å²) >= 11 is 0. The number of guanidine groups is 2. The maximum Gasteiger partial charge on any atom is 0.573 e. The number of nitrogens with zero attached hydrogens (tertiary/aromatic N) is 3. The molecule has 132 valence electrons. The molecule has 1 heterocycles. The van der Waals surface area contributed by atoms with Crippen molar-refractivity contribution in [3.63, 3.8) is 0 Å². The van der Waals surface area contributed by atoms with Crippen LogP contribution in [-0.4, -0.2) is 23.3 Å². The van der Waals surface area contributed by atoms with Gasteiger partial charge < -0.3 is 21.5 Å². The SMILES string of the molecule is NC(=NCc1ccc(OC(F)(F)F)cc1)/N=C(\N)Nc1cccnc1. The number of rotatable bonds is 4. The van der Waals surface area contributed by atoms with Crippen molar-refractivity contribution in [3.05, 3.63) is 54.4 Å². The Morgan fingerprint density at radius 3 is 2.48 bits per heavy atom. The Balaban J connectivity index is 1.93. The Morgan fingerprint density at radius 2 is 1.88 bits per heavy atom. The molecule has 7 nitrogen and oxygen atoms in total. The molecule has 0 saturated carbocycles. The summed E-state index contributed by atoms with van der Waals surface area (Å²) in [7, 11) is 0. The number of ether oxygens (including phenoxy) is 1. The van der Waals surface area contributed by atoms with E-state index in [1.807, 2.05) is 0 Å². The zero-order valence-electron chi connectivity index (χ0n) is 12.9. The molecule has 0 radical (unpaired) electrons. The highest BCUT2D eigenvalue weighted by atomic mass is 19.4. The van der Waals surface area contributed by atoms with E-state index in [0.717, 1.165) is 0 Å². The first kappa shape index (κ1) is 18.0. The summed E-state index contributed by atoms with van der Waals surface area (Å²) in [5, 5.41) is 2.78. The van der Waals surface area contributed by atoms with Crippen LogP contribution >= 0.6 is 0 Å². The average molecular weight is 352 g/mol. The Kier molecular flexibility index (Phi) is 5.77. The molecule has 25 heavy (non-hydrogen) atoms. The lowest BCUT2D eigenvalue weighted by Crippen LogP contribution is -2.26. The van der Waals surface area contributed by atoms with Crippen LogP contribution in [-0.2, 0) is 6.54 Å². The summed E-state index contributed by atoms with van der Waals surface area (Å²) in [6.45, 7) is 0.127. The van der Waals surface area contributed by atoms with Gasteiger partial charge in [-0.05, 0) is 29.8 Å². The van der Waals surface area contributed by atoms with Crippen LogP contribution < -0.4 is 21.5 Å². The molecule has 0 saturated heterocycles. The van der Waals surface area contributed by atoms with Gasteiger partial charge in [-0.15, -0.1) is 13.2 Å². The fourth-order valence-electron chi connectivity index (χ4n) is 1.74. The van der Waals surface area contributed by atoms with Crippen LogP contribution in [0.4, 0.5) is 18.9 Å². The van der Waals surface area contributed by atoms with Crippen molar-refractivity contribution < 1.29 is 17.9 Å². The quantitative estimate of drug-likeness (QED) is 0.577. The van der Waals surface area contributed by atoms with Gasteiger partial charge in [0.05, 0.1) is 18.4 Å². The topological polar surface area (TPSA) is 111 Å². The van der Waals surface area contributed by atoms with Gasteiger partial charge in [-0.1, -0.05) is 12.1 Å². The highest BCUT2D eigenvalue weighted by molar-refractivity contribution is 6.00. The van der Waals surface area contributed by atoms with E-state index in [1.54, 1.807) is 24.5 Å². The summed E-state index contributed by atoms with van der Waals surface area (Å²) in [4.78, 5) is 11.8. The predicted octanol–water partition coefficient (Wildman–Crippen LogP) is 2.22. The van der Waals surface area contributed by atoms with E-state index in [2.05, 4.69) is 25.0 Å². The number of hydrogen-bond donors (Lipinski definition) is 3. The number of nitrogens with two attached hydrogens (primary N) is 2. The number of aliphatic imine (C=N–C) groups is 2. The summed E-state index contributed by atoms with van der Waals surface area (Å²) in [6, 6.07) is 8.73. The van der Waals surface area contributed by atoms with Crippen LogP contribution in [0.2, 0.25) is 0 Å². The predicted molar refractivity (Wildman–Crippen MR) is 87.9 cm³/mol. The van der Waals surface area contributed by atoms with E-state index >= 15 is 0 Å². The molecule has 0 aliphatic rings. The van der Waals surface area contributed by atoms with E-state index in [9.17, 15) is 13.2 Å². The van der Waals surface area contributed by atoms with Crippen molar-refractivity contribution in [1.82, 2.24) is 4.98 Å². The van der Waals surface area contributed by atoms with Crippen molar-refractivity contribution >= 4 is 17.6 Å². The summed E-state index contributed by atoms with van der Waals surface area (Å²) in [6.07, 6.45) is -1.56. The molecule has 10 heteroatoms. The zero-order chi connectivity index (χ0) is 18.3. The zero-order valence-corrected chi connectivity index (χ0v) is 12.9. The fourth-order valence-corrected chi connectivity index (χ4v) is 1.74. The van der Waals surface area contributed by atoms with Crippen molar-refractivity contribution in [2.75, 3.05) is 5.32 Å². The largest absolute Gasteiger partial charge is 0.573 e. The minimum Gasteiger partial charge on any atom is -0.406 e. The van der Waals surface area contributed by atoms with Crippen LogP contribution in [0.3, 0.4) is 0 Å². The highest BCUT2D eigenvalue weighted by Crippen LogP contribution is 2.22. The van der Waals surface area contributed by atoms with Gasteiger partial charge in [0.15, 0.2) is 0 Å². The third-order valence-corrected chi connectivity index (χ3v) is 2.75. The molecule has 2 aromatic rings. The minimum absolute atomic E-state index is 0.0307. The Hall–Kier alpha value is -3.30. The Labute approximate surface area is 141 Å². The number of hydrogen-bond acceptors (Lipinski definition) is 3. The lowest BCUT2D eigenvalue weighted by molar-refractivity contribution is -0.274. The number of benzene rings is 1. The van der Waals surface area contributed by atoms with Crippen molar-refractivity contribution in [1.29, 1.82) is 0 Å². The van der Waals surface area contributed by atoms with Crippen LogP contribution in [0.15, 0.2) is 58.8 Å². The van der Waals surface area contributed by atoms with Crippen LogP contribution in [0.25, 0.3) is 0 Å². The second kappa shape index (κ2) is 7.99. The third-order valence-electron chi connectivity index (χ3n) is 2.75. The smallest absolute Gasteiger partial charge is 0.406 e. The molecule has 0 fully saturated rings. The molecule has 0 unspecified atom stereocenters. The van der Waals surface area contributed by atoms with Gasteiger partial charge in [0, 0.05) is 6.20 Å². The molecule has 0 amide bonds. The Morgan fingerprint density at radius 1 is 1.16 bits per heavy atom. The molecule has 2 rings (SSSR count). The normalized spacial score (nSPS) is 12.8. The van der Waals surface area contributed by atoms with Gasteiger partial charge in [0.2, 0.25) is 11.9 Å². The first-order valence-electron chi connectivity index (χ1n) is 6.97. The van der Waals surface area contributed by atoms with Crippen molar-refractivity contribution in [2.45, 2.75) is 12.9 Å². The maximum atomic E-state index is 12.1. The average Bonchev–Trinajstić information content (AvgIpc) is 2.53. The van der Waals surface area contributed by atoms with E-state index in [1.165, 1.54) is 24.3 Å². The van der Waals surface area contributed by atoms with Gasteiger partial charge in [0.1, 0.15) is 5.75 Å². The second-order valence-corrected chi connectivity index (χ2v) is 4.73. The summed E-state index contributed by atoms with van der Waals surface area (Å²) < 4.78 is 40.0. The van der Waals surface area contributed by atoms with Gasteiger partial charge in [-0.25, -0.2) is 4.99 Å². The standard InChI is InChI=1S/C15H15F3N6O/c16-15(17,18)25-12-5-3-10(4-6-12)8-22-13(19)24-14(20)23-11-2-1-7-21-9-11/h1-7,9H,8H2,(H5,19,20,22,23,24). The molecule has 0 atom stereocenters. The molecule has 1 aromatic heterocycles. The monoisotopic (exact) mass is 352 g/mol. The van der Waals surface area contributed by atoms with Crippen LogP contribution in [0, 0.1) is 0 Å². The first-order valence-corrected chi connectivity index (χ1v) is 6.97. The van der Waals surface area contributed by atoms with Crippen molar-refractivity contribution in [3.8, 4) is 5.75 Å². The first-order chi connectivity index (χ1) is 11.8. The fraction of sp³-hybridized carbons (Fsp3) is 0.133. The molecular formula is C15H15F3N6O. The molecule has 0 bridgehead atoms. The highest BCUT2D eigenvalue weighted by Gasteiger charge is 2.30. The Bertz CT molecular complexity index is 744. The van der Waals surface area contributed by atoms with Crippen molar-refractivity contribution in [2.24, 2.45) is 21.5 Å². The third kappa shape index (κ3) is 6.77. The van der Waals surface area contributed by atoms with E-state index in [4.69, 9.17) is 11.5 Å². The number of alkyl halides is 3. The number of aromatic nitrogens is 1. The lowest BCUT2D eigenvalue weighted by atomic mass is 10.2. The molecule has 5 N–H and O–H groups in total. The molecule has 0 aliphatic heterocycles. The van der Waals surface area contributed by atoms with Gasteiger partial charge in [0.25, 0.3) is 0 Å². The second-order valence-electron chi connectivity index (χ2n) is 4.73. The lowest BCUT2D eigenvalue weighted by Gasteiger charge is -2.08. The maximum absolute atomic E-state index is 12.1. The van der Waals surface area contributed by atoms with Gasteiger partial charge >= 0.3 is 6.36 Å². The van der Waals surface area contributed by atoms with E-state index in [-0.39, 0.29) is 24.2 Å². The van der Waals surface area contributed by atoms with E-state index < -0.39 is 6.36 Å². The number of anilines is 1. The molecule has 0 spiro atoms. The van der Waals surface area contributed by atoms with Crippen LogP contribution in [0.1, 0.15) is 5.56 Å². The van der Waals surface area contributed by atoms with E-state index in [0.29, 0.717) is 11.3 Å². The summed E-state index contributed by atoms with van der Waals surface area (Å²) in [5.41, 5.74) is 12.6. The molecule has 0 aliphatic carbocycles. The number of halogens is 3. The van der Waals surface area contributed by atoms with Crippen LogP contribution in [0.5, 0.6) is 5.75 Å². The summed E-state index contributed by atoms with van der Waals surface area (Å²) in [5.74, 6) is -0.358. The number of nitrogens with one attached hydrogen (secondary N) is 1. The minimum atomic E-state index is -4.72. The number of pyridine rings is 1.